The van der Waals surface area contributed by atoms with E-state index in [1.807, 2.05) is 12.1 Å². The van der Waals surface area contributed by atoms with Gasteiger partial charge in [-0.2, -0.15) is 0 Å². The van der Waals surface area contributed by atoms with Gasteiger partial charge < -0.3 is 0 Å². The average Bonchev–Trinajstić information content (AvgIpc) is 2.67. The molecule has 25 heavy (non-hydrogen) atoms. The first kappa shape index (κ1) is 17.8. The van der Waals surface area contributed by atoms with Gasteiger partial charge in [0.25, 0.3) is 0 Å². The molecule has 132 valence electrons. The van der Waals surface area contributed by atoms with Crippen LogP contribution in [0, 0.1) is 11.7 Å². The van der Waals surface area contributed by atoms with E-state index in [0.717, 1.165) is 29.9 Å². The van der Waals surface area contributed by atoms with Gasteiger partial charge in [-0.05, 0) is 79.2 Å². The summed E-state index contributed by atoms with van der Waals surface area (Å²) in [5, 5.41) is 0. The highest BCUT2D eigenvalue weighted by Gasteiger charge is 2.21. The van der Waals surface area contributed by atoms with E-state index >= 15 is 0 Å². The van der Waals surface area contributed by atoms with Crippen LogP contribution in [-0.4, -0.2) is 0 Å². The minimum absolute atomic E-state index is 0.196. The highest BCUT2D eigenvalue weighted by molar-refractivity contribution is 5.63. The van der Waals surface area contributed by atoms with E-state index in [9.17, 15) is 8.78 Å². The van der Waals surface area contributed by atoms with Crippen molar-refractivity contribution >= 4 is 0 Å². The molecule has 0 unspecified atom stereocenters. The zero-order valence-corrected chi connectivity index (χ0v) is 14.6. The fourth-order valence-electron chi connectivity index (χ4n) is 3.96. The number of halogens is 2. The summed E-state index contributed by atoms with van der Waals surface area (Å²) in [7, 11) is 0. The Kier molecular flexibility index (Phi) is 6.38. The van der Waals surface area contributed by atoms with Gasteiger partial charge in [0.2, 0.25) is 0 Å². The minimum Gasteiger partial charge on any atom is -0.216 e. The van der Waals surface area contributed by atoms with E-state index in [1.54, 1.807) is 6.08 Å². The highest BCUT2D eigenvalue weighted by atomic mass is 19.1. The maximum Gasteiger partial charge on any atom is 0.123 e. The summed E-state index contributed by atoms with van der Waals surface area (Å²) in [6, 6.07) is 15.4. The van der Waals surface area contributed by atoms with Crippen LogP contribution in [0.3, 0.4) is 0 Å². The number of rotatable bonds is 6. The molecule has 0 radical (unpaired) electrons. The molecule has 2 aromatic rings. The molecule has 1 aliphatic carbocycles. The summed E-state index contributed by atoms with van der Waals surface area (Å²) in [5.74, 6) is 1.27. The lowest BCUT2D eigenvalue weighted by molar-refractivity contribution is 0.305. The molecule has 0 aromatic heterocycles. The third kappa shape index (κ3) is 5.01. The predicted octanol–water partition coefficient (Wildman–Crippen LogP) is 7.42. The Balaban J connectivity index is 1.52. The molecule has 0 atom stereocenters. The molecule has 2 aromatic carbocycles. The number of unbranched alkanes of at least 4 members (excludes halogenated alkanes) is 1. The maximum absolute atomic E-state index is 13.0. The lowest BCUT2D eigenvalue weighted by Gasteiger charge is -2.29. The van der Waals surface area contributed by atoms with Gasteiger partial charge >= 0.3 is 0 Å². The van der Waals surface area contributed by atoms with Crippen LogP contribution < -0.4 is 0 Å². The second-order valence-electron chi connectivity index (χ2n) is 7.14. The molecule has 0 saturated heterocycles. The molecule has 0 bridgehead atoms. The van der Waals surface area contributed by atoms with Crippen LogP contribution in [0.2, 0.25) is 0 Å². The molecular formula is C23H26F2. The van der Waals surface area contributed by atoms with Crippen LogP contribution >= 0.6 is 0 Å². The molecule has 1 saturated carbocycles. The lowest BCUT2D eigenvalue weighted by atomic mass is 9.77. The van der Waals surface area contributed by atoms with Crippen LogP contribution in [0.15, 0.2) is 60.9 Å². The summed E-state index contributed by atoms with van der Waals surface area (Å²) in [5.41, 5.74) is 3.61. The predicted molar refractivity (Wildman–Crippen MR) is 101 cm³/mol. The van der Waals surface area contributed by atoms with E-state index in [4.69, 9.17) is 0 Å². The summed E-state index contributed by atoms with van der Waals surface area (Å²) in [6.07, 6.45) is 10.5. The first-order valence-corrected chi connectivity index (χ1v) is 9.37. The van der Waals surface area contributed by atoms with Crippen molar-refractivity contribution in [2.45, 2.75) is 50.9 Å². The Labute approximate surface area is 149 Å². The molecular weight excluding hydrogens is 314 g/mol. The quantitative estimate of drug-likeness (QED) is 0.480. The Morgan fingerprint density at radius 2 is 1.44 bits per heavy atom. The molecule has 2 heteroatoms. The van der Waals surface area contributed by atoms with Gasteiger partial charge in [-0.3, -0.25) is 0 Å². The normalized spacial score (nSPS) is 20.9. The van der Waals surface area contributed by atoms with Crippen molar-refractivity contribution in [3.8, 4) is 11.1 Å². The van der Waals surface area contributed by atoms with E-state index in [2.05, 4.69) is 24.3 Å². The number of allylic oxidation sites excluding steroid dienone is 1. The van der Waals surface area contributed by atoms with Gasteiger partial charge in [0, 0.05) is 0 Å². The first-order valence-electron chi connectivity index (χ1n) is 9.37. The summed E-state index contributed by atoms with van der Waals surface area (Å²) in [4.78, 5) is 0. The van der Waals surface area contributed by atoms with Crippen molar-refractivity contribution in [2.24, 2.45) is 5.92 Å². The molecule has 0 amide bonds. The Morgan fingerprint density at radius 3 is 2.04 bits per heavy atom. The lowest BCUT2D eigenvalue weighted by Crippen LogP contribution is -2.13. The Hall–Kier alpha value is -1.96. The standard InChI is InChI=1S/C23H26F2/c24-17-3-1-2-4-18-5-7-19(8-6-18)20-9-11-21(12-10-20)22-13-15-23(25)16-14-22/h3,9-19H,1-2,4-8H2/b17-3+. The van der Waals surface area contributed by atoms with Gasteiger partial charge in [0.1, 0.15) is 5.82 Å². The van der Waals surface area contributed by atoms with Crippen molar-refractivity contribution in [1.29, 1.82) is 0 Å². The topological polar surface area (TPSA) is 0 Å². The van der Waals surface area contributed by atoms with Gasteiger partial charge in [-0.1, -0.05) is 48.9 Å². The zero-order chi connectivity index (χ0) is 17.5. The van der Waals surface area contributed by atoms with Gasteiger partial charge in [0.15, 0.2) is 0 Å². The van der Waals surface area contributed by atoms with Crippen LogP contribution in [-0.2, 0) is 0 Å². The molecule has 0 aliphatic heterocycles. The largest absolute Gasteiger partial charge is 0.216 e. The van der Waals surface area contributed by atoms with Gasteiger partial charge in [0.05, 0.1) is 6.33 Å². The molecule has 0 N–H and O–H groups in total. The minimum atomic E-state index is -0.196. The molecule has 3 rings (SSSR count). The number of benzene rings is 2. The number of hydrogen-bond donors (Lipinski definition) is 0. The van der Waals surface area contributed by atoms with Crippen LogP contribution in [0.25, 0.3) is 11.1 Å². The second-order valence-corrected chi connectivity index (χ2v) is 7.14. The van der Waals surface area contributed by atoms with E-state index < -0.39 is 0 Å². The number of hydrogen-bond acceptors (Lipinski definition) is 0. The third-order valence-corrected chi connectivity index (χ3v) is 5.48. The van der Waals surface area contributed by atoms with E-state index in [0.29, 0.717) is 12.2 Å². The van der Waals surface area contributed by atoms with Crippen molar-refractivity contribution in [1.82, 2.24) is 0 Å². The zero-order valence-electron chi connectivity index (χ0n) is 14.6. The SMILES string of the molecule is F/C=C/CCCC1CCC(c2ccc(-c3ccc(F)cc3)cc2)CC1. The van der Waals surface area contributed by atoms with Crippen molar-refractivity contribution in [3.05, 3.63) is 72.3 Å². The molecule has 1 aliphatic rings. The summed E-state index contributed by atoms with van der Waals surface area (Å²) in [6.45, 7) is 0. The fourth-order valence-corrected chi connectivity index (χ4v) is 3.96. The maximum atomic E-state index is 13.0. The van der Waals surface area contributed by atoms with E-state index in [1.165, 1.54) is 49.8 Å². The summed E-state index contributed by atoms with van der Waals surface area (Å²) >= 11 is 0. The van der Waals surface area contributed by atoms with Crippen molar-refractivity contribution < 1.29 is 8.78 Å². The molecule has 0 heterocycles. The van der Waals surface area contributed by atoms with Gasteiger partial charge in [-0.25, -0.2) is 8.78 Å². The third-order valence-electron chi connectivity index (χ3n) is 5.48. The van der Waals surface area contributed by atoms with Crippen LogP contribution in [0.1, 0.15) is 56.4 Å². The smallest absolute Gasteiger partial charge is 0.123 e. The Morgan fingerprint density at radius 1 is 0.840 bits per heavy atom. The van der Waals surface area contributed by atoms with Gasteiger partial charge in [-0.15, -0.1) is 0 Å². The van der Waals surface area contributed by atoms with Crippen LogP contribution in [0.5, 0.6) is 0 Å². The van der Waals surface area contributed by atoms with Crippen molar-refractivity contribution in [2.75, 3.05) is 0 Å². The monoisotopic (exact) mass is 340 g/mol. The second kappa shape index (κ2) is 8.94. The molecule has 0 nitrogen and oxygen atoms in total. The van der Waals surface area contributed by atoms with E-state index in [-0.39, 0.29) is 5.82 Å². The van der Waals surface area contributed by atoms with Crippen molar-refractivity contribution in [3.63, 3.8) is 0 Å². The van der Waals surface area contributed by atoms with Crippen LogP contribution in [0.4, 0.5) is 8.78 Å². The molecule has 0 spiro atoms. The highest BCUT2D eigenvalue weighted by Crippen LogP contribution is 2.38. The summed E-state index contributed by atoms with van der Waals surface area (Å²) < 4.78 is 25.0. The average molecular weight is 340 g/mol. The Bertz CT molecular complexity index is 662. The fraction of sp³-hybridized carbons (Fsp3) is 0.391. The molecule has 1 fully saturated rings. The first-order chi connectivity index (χ1) is 12.3.